The number of rotatable bonds is 5. The summed E-state index contributed by atoms with van der Waals surface area (Å²) in [4.78, 5) is 37.1. The van der Waals surface area contributed by atoms with Crippen molar-refractivity contribution < 1.29 is 19.5 Å². The monoisotopic (exact) mass is 665 g/mol. The SMILES string of the molecule is CCC(Cc1c(I)cc(I)c(N2C(=O)C=C(C)C2=O)c1I)C(=O)O. The van der Waals surface area contributed by atoms with Crippen LogP contribution in [0.1, 0.15) is 25.8 Å². The molecular weight excluding hydrogens is 651 g/mol. The molecule has 1 aromatic carbocycles. The molecule has 0 fully saturated rings. The minimum atomic E-state index is -0.838. The largest absolute Gasteiger partial charge is 0.481 e. The molecule has 0 aliphatic carbocycles. The molecule has 1 aliphatic rings. The van der Waals surface area contributed by atoms with Crippen molar-refractivity contribution in [2.24, 2.45) is 5.92 Å². The molecule has 0 saturated heterocycles. The lowest BCUT2D eigenvalue weighted by molar-refractivity contribution is -0.141. The molecule has 0 spiro atoms. The minimum Gasteiger partial charge on any atom is -0.481 e. The highest BCUT2D eigenvalue weighted by Crippen LogP contribution is 2.37. The van der Waals surface area contributed by atoms with Gasteiger partial charge in [0.1, 0.15) is 0 Å². The lowest BCUT2D eigenvalue weighted by Gasteiger charge is -2.22. The van der Waals surface area contributed by atoms with Crippen molar-refractivity contribution in [3.05, 3.63) is 34.0 Å². The fraction of sp³-hybridized carbons (Fsp3) is 0.312. The molecule has 1 atom stereocenters. The molecule has 5 nitrogen and oxygen atoms in total. The van der Waals surface area contributed by atoms with Gasteiger partial charge in [0.15, 0.2) is 0 Å². The molecular formula is C16H14I3NO4. The van der Waals surface area contributed by atoms with Crippen LogP contribution in [-0.4, -0.2) is 22.9 Å². The van der Waals surface area contributed by atoms with Crippen LogP contribution in [0.4, 0.5) is 5.69 Å². The van der Waals surface area contributed by atoms with Crippen LogP contribution < -0.4 is 4.90 Å². The van der Waals surface area contributed by atoms with Gasteiger partial charge in [-0.15, -0.1) is 0 Å². The summed E-state index contributed by atoms with van der Waals surface area (Å²) in [6, 6.07) is 1.89. The maximum Gasteiger partial charge on any atom is 0.306 e. The number of carboxylic acids is 1. The van der Waals surface area contributed by atoms with E-state index in [0.29, 0.717) is 24.1 Å². The van der Waals surface area contributed by atoms with Crippen molar-refractivity contribution in [2.75, 3.05) is 4.90 Å². The molecule has 0 aromatic heterocycles. The second-order valence-corrected chi connectivity index (χ2v) is 8.84. The van der Waals surface area contributed by atoms with Crippen molar-refractivity contribution in [1.82, 2.24) is 0 Å². The van der Waals surface area contributed by atoms with E-state index < -0.39 is 11.9 Å². The topological polar surface area (TPSA) is 74.7 Å². The quantitative estimate of drug-likeness (QED) is 0.382. The number of imide groups is 1. The Kier molecular flexibility index (Phi) is 6.67. The summed E-state index contributed by atoms with van der Waals surface area (Å²) in [5.74, 6) is -2.01. The molecule has 1 unspecified atom stereocenters. The van der Waals surface area contributed by atoms with E-state index >= 15 is 0 Å². The molecule has 2 rings (SSSR count). The Labute approximate surface area is 180 Å². The molecule has 1 heterocycles. The molecule has 0 radical (unpaired) electrons. The molecule has 2 amide bonds. The Balaban J connectivity index is 2.55. The summed E-state index contributed by atoms with van der Waals surface area (Å²) in [6.07, 6.45) is 2.22. The Morgan fingerprint density at radius 2 is 1.88 bits per heavy atom. The van der Waals surface area contributed by atoms with Crippen LogP contribution in [0.25, 0.3) is 0 Å². The van der Waals surface area contributed by atoms with E-state index in [9.17, 15) is 19.5 Å². The normalized spacial score (nSPS) is 15.7. The number of benzene rings is 1. The van der Waals surface area contributed by atoms with Crippen molar-refractivity contribution >= 4 is 91.2 Å². The number of aliphatic carboxylic acids is 1. The second kappa shape index (κ2) is 7.98. The number of carbonyl (C=O) groups excluding carboxylic acids is 2. The van der Waals surface area contributed by atoms with Gasteiger partial charge in [0.25, 0.3) is 11.8 Å². The van der Waals surface area contributed by atoms with Gasteiger partial charge in [0.2, 0.25) is 0 Å². The average molecular weight is 665 g/mol. The van der Waals surface area contributed by atoms with Crippen molar-refractivity contribution in [3.63, 3.8) is 0 Å². The molecule has 1 aromatic rings. The van der Waals surface area contributed by atoms with Crippen LogP contribution in [-0.2, 0) is 20.8 Å². The smallest absolute Gasteiger partial charge is 0.306 e. The fourth-order valence-corrected chi connectivity index (χ4v) is 6.76. The van der Waals surface area contributed by atoms with E-state index in [-0.39, 0.29) is 11.8 Å². The molecule has 0 bridgehead atoms. The summed E-state index contributed by atoms with van der Waals surface area (Å²) in [5, 5.41) is 9.34. The Morgan fingerprint density at radius 1 is 1.25 bits per heavy atom. The number of halogens is 3. The van der Waals surface area contributed by atoms with Crippen molar-refractivity contribution in [1.29, 1.82) is 0 Å². The van der Waals surface area contributed by atoms with Crippen LogP contribution in [0.2, 0.25) is 0 Å². The van der Waals surface area contributed by atoms with Gasteiger partial charge in [0.05, 0.1) is 11.6 Å². The second-order valence-electron chi connectivity index (χ2n) is 5.44. The maximum absolute atomic E-state index is 12.3. The fourth-order valence-electron chi connectivity index (χ4n) is 2.46. The van der Waals surface area contributed by atoms with Crippen LogP contribution in [0, 0.1) is 16.6 Å². The summed E-state index contributed by atoms with van der Waals surface area (Å²) in [7, 11) is 0. The number of amides is 2. The first-order valence-corrected chi connectivity index (χ1v) is 10.4. The molecule has 1 N–H and O–H groups in total. The van der Waals surface area contributed by atoms with E-state index in [1.807, 2.05) is 13.0 Å². The van der Waals surface area contributed by atoms with E-state index in [4.69, 9.17) is 0 Å². The van der Waals surface area contributed by atoms with E-state index in [1.165, 1.54) is 11.0 Å². The van der Waals surface area contributed by atoms with Crippen molar-refractivity contribution in [2.45, 2.75) is 26.7 Å². The number of hydrogen-bond acceptors (Lipinski definition) is 3. The van der Waals surface area contributed by atoms with Crippen LogP contribution in [0.15, 0.2) is 17.7 Å². The zero-order chi connectivity index (χ0) is 18.2. The Bertz CT molecular complexity index is 773. The Morgan fingerprint density at radius 3 is 2.33 bits per heavy atom. The lowest BCUT2D eigenvalue weighted by atomic mass is 9.96. The molecule has 24 heavy (non-hydrogen) atoms. The average Bonchev–Trinajstić information content (AvgIpc) is 2.73. The van der Waals surface area contributed by atoms with E-state index in [2.05, 4.69) is 67.8 Å². The highest BCUT2D eigenvalue weighted by atomic mass is 127. The third-order valence-corrected chi connectivity index (χ3v) is 6.80. The highest BCUT2D eigenvalue weighted by Gasteiger charge is 2.34. The third kappa shape index (κ3) is 3.79. The first kappa shape index (κ1) is 20.1. The van der Waals surface area contributed by atoms with Crippen LogP contribution in [0.5, 0.6) is 0 Å². The molecule has 8 heteroatoms. The van der Waals surface area contributed by atoms with Gasteiger partial charge in [-0.1, -0.05) is 6.92 Å². The molecule has 1 aliphatic heterocycles. The number of carboxylic acid groups (broad SMARTS) is 1. The van der Waals surface area contributed by atoms with Gasteiger partial charge in [-0.05, 0) is 99.2 Å². The summed E-state index contributed by atoms with van der Waals surface area (Å²) >= 11 is 6.39. The van der Waals surface area contributed by atoms with Crippen LogP contribution in [0.3, 0.4) is 0 Å². The van der Waals surface area contributed by atoms with Gasteiger partial charge in [-0.2, -0.15) is 0 Å². The Hall–Kier alpha value is -0.240. The summed E-state index contributed by atoms with van der Waals surface area (Å²) in [6.45, 7) is 3.46. The number of anilines is 1. The molecule has 128 valence electrons. The first-order valence-electron chi connectivity index (χ1n) is 7.14. The lowest BCUT2D eigenvalue weighted by Crippen LogP contribution is -2.32. The zero-order valence-electron chi connectivity index (χ0n) is 12.9. The number of carbonyl (C=O) groups is 3. The number of nitrogens with zero attached hydrogens (tertiary/aromatic N) is 1. The van der Waals surface area contributed by atoms with Gasteiger partial charge in [-0.3, -0.25) is 14.4 Å². The van der Waals surface area contributed by atoms with E-state index in [0.717, 1.165) is 16.3 Å². The predicted octanol–water partition coefficient (Wildman–Crippen LogP) is 3.97. The maximum atomic E-state index is 12.3. The van der Waals surface area contributed by atoms with Gasteiger partial charge >= 0.3 is 5.97 Å². The minimum absolute atomic E-state index is 0.326. The molecule has 0 saturated carbocycles. The van der Waals surface area contributed by atoms with Crippen molar-refractivity contribution in [3.8, 4) is 0 Å². The standard InChI is InChI=1S/C16H14I3NO4/c1-3-8(16(23)24)5-9-10(17)6-11(18)14(13(9)19)20-12(21)4-7(2)15(20)22/h4,6,8H,3,5H2,1-2H3,(H,23,24). The number of hydrogen-bond donors (Lipinski definition) is 1. The first-order chi connectivity index (χ1) is 11.2. The van der Waals surface area contributed by atoms with Gasteiger partial charge in [-0.25, -0.2) is 4.90 Å². The van der Waals surface area contributed by atoms with Crippen LogP contribution >= 0.6 is 67.8 Å². The third-order valence-electron chi connectivity index (χ3n) is 3.86. The van der Waals surface area contributed by atoms with Gasteiger partial charge < -0.3 is 5.11 Å². The summed E-state index contributed by atoms with van der Waals surface area (Å²) in [5.41, 5.74) is 1.82. The van der Waals surface area contributed by atoms with E-state index in [1.54, 1.807) is 6.92 Å². The summed E-state index contributed by atoms with van der Waals surface area (Å²) < 4.78 is 2.49. The zero-order valence-corrected chi connectivity index (χ0v) is 19.4. The highest BCUT2D eigenvalue weighted by molar-refractivity contribution is 14.1. The van der Waals surface area contributed by atoms with Gasteiger partial charge in [0, 0.05) is 22.4 Å². The predicted molar refractivity (Wildman–Crippen MR) is 116 cm³/mol.